The monoisotopic (exact) mass is 209 g/mol. The summed E-state index contributed by atoms with van der Waals surface area (Å²) in [6.07, 6.45) is 5.40. The highest BCUT2D eigenvalue weighted by Gasteiger charge is 2.08. The average molecular weight is 209 g/mol. The lowest BCUT2D eigenvalue weighted by molar-refractivity contribution is 0.184. The van der Waals surface area contributed by atoms with Crippen LogP contribution in [0.5, 0.6) is 0 Å². The van der Waals surface area contributed by atoms with Crippen molar-refractivity contribution in [2.75, 3.05) is 26.5 Å². The zero-order valence-corrected chi connectivity index (χ0v) is 9.36. The Morgan fingerprint density at radius 2 is 2.40 bits per heavy atom. The number of rotatable bonds is 6. The minimum atomic E-state index is 0.386. The Hall–Kier alpha value is -1.13. The molecule has 0 bridgehead atoms. The Morgan fingerprint density at radius 3 is 3.00 bits per heavy atom. The molecule has 0 aliphatic heterocycles. The van der Waals surface area contributed by atoms with Crippen LogP contribution in [0, 0.1) is 0 Å². The molecule has 0 saturated carbocycles. The second kappa shape index (κ2) is 6.37. The Balaban J connectivity index is 2.54. The van der Waals surface area contributed by atoms with Crippen molar-refractivity contribution in [1.29, 1.82) is 0 Å². The second-order valence-electron chi connectivity index (χ2n) is 3.55. The van der Waals surface area contributed by atoms with E-state index in [4.69, 9.17) is 10.5 Å². The maximum Gasteiger partial charge on any atom is 0.0477 e. The first-order chi connectivity index (χ1) is 7.27. The van der Waals surface area contributed by atoms with Crippen molar-refractivity contribution in [2.24, 2.45) is 0 Å². The molecule has 1 rings (SSSR count). The molecule has 1 atom stereocenters. The van der Waals surface area contributed by atoms with Crippen LogP contribution in [0.3, 0.4) is 0 Å². The molecule has 15 heavy (non-hydrogen) atoms. The Labute approximate surface area is 90.8 Å². The van der Waals surface area contributed by atoms with Gasteiger partial charge in [0.2, 0.25) is 0 Å². The molecule has 0 saturated heterocycles. The van der Waals surface area contributed by atoms with Crippen molar-refractivity contribution in [2.45, 2.75) is 18.9 Å². The third kappa shape index (κ3) is 3.85. The fourth-order valence-electron chi connectivity index (χ4n) is 1.48. The number of nitrogen functional groups attached to an aromatic ring is 1. The van der Waals surface area contributed by atoms with Gasteiger partial charge in [0, 0.05) is 37.8 Å². The summed E-state index contributed by atoms with van der Waals surface area (Å²) in [5.41, 5.74) is 7.75. The number of nitrogens with zero attached hydrogens (tertiary/aromatic N) is 1. The molecule has 0 aliphatic rings. The minimum Gasteiger partial charge on any atom is -0.398 e. The van der Waals surface area contributed by atoms with Gasteiger partial charge in [0.05, 0.1) is 0 Å². The largest absolute Gasteiger partial charge is 0.398 e. The van der Waals surface area contributed by atoms with Crippen LogP contribution in [0.1, 0.15) is 12.0 Å². The van der Waals surface area contributed by atoms with Crippen LogP contribution in [-0.4, -0.2) is 31.8 Å². The van der Waals surface area contributed by atoms with Crippen molar-refractivity contribution in [3.63, 3.8) is 0 Å². The highest BCUT2D eigenvalue weighted by Crippen LogP contribution is 2.12. The first-order valence-corrected chi connectivity index (χ1v) is 5.12. The van der Waals surface area contributed by atoms with Gasteiger partial charge in [-0.2, -0.15) is 0 Å². The van der Waals surface area contributed by atoms with Gasteiger partial charge >= 0.3 is 0 Å². The maximum atomic E-state index is 5.85. The van der Waals surface area contributed by atoms with E-state index in [9.17, 15) is 0 Å². The van der Waals surface area contributed by atoms with Gasteiger partial charge in [-0.1, -0.05) is 0 Å². The topological polar surface area (TPSA) is 60.2 Å². The van der Waals surface area contributed by atoms with Crippen LogP contribution < -0.4 is 11.1 Å². The van der Waals surface area contributed by atoms with E-state index in [1.165, 1.54) is 0 Å². The molecule has 0 amide bonds. The van der Waals surface area contributed by atoms with Gasteiger partial charge in [0.25, 0.3) is 0 Å². The molecule has 4 heteroatoms. The molecule has 1 aromatic rings. The standard InChI is InChI=1S/C11H19N3O/c1-13-10(4-6-15-2)7-9-8-14-5-3-11(9)12/h3,5,8,10,13H,4,6-7H2,1-2H3,(H2,12,14). The minimum absolute atomic E-state index is 0.386. The highest BCUT2D eigenvalue weighted by molar-refractivity contribution is 5.44. The first kappa shape index (κ1) is 11.9. The number of ether oxygens (including phenoxy) is 1. The van der Waals surface area contributed by atoms with Crippen molar-refractivity contribution in [3.05, 3.63) is 24.0 Å². The van der Waals surface area contributed by atoms with Gasteiger partial charge in [-0.3, -0.25) is 4.98 Å². The lowest BCUT2D eigenvalue weighted by Crippen LogP contribution is -2.29. The number of nitrogens with one attached hydrogen (secondary N) is 1. The molecule has 3 N–H and O–H groups in total. The molecule has 1 unspecified atom stereocenters. The summed E-state index contributed by atoms with van der Waals surface area (Å²) >= 11 is 0. The van der Waals surface area contributed by atoms with E-state index in [1.807, 2.05) is 19.3 Å². The Kier molecular flexibility index (Phi) is 5.07. The first-order valence-electron chi connectivity index (χ1n) is 5.12. The lowest BCUT2D eigenvalue weighted by Gasteiger charge is -2.16. The number of hydrogen-bond acceptors (Lipinski definition) is 4. The summed E-state index contributed by atoms with van der Waals surface area (Å²) in [5, 5.41) is 3.25. The van der Waals surface area contributed by atoms with Gasteiger partial charge in [-0.05, 0) is 31.5 Å². The molecular weight excluding hydrogens is 190 g/mol. The van der Waals surface area contributed by atoms with E-state index >= 15 is 0 Å². The highest BCUT2D eigenvalue weighted by atomic mass is 16.5. The van der Waals surface area contributed by atoms with Crippen LogP contribution in [0.4, 0.5) is 5.69 Å². The van der Waals surface area contributed by atoms with Gasteiger partial charge in [-0.15, -0.1) is 0 Å². The van der Waals surface area contributed by atoms with Crippen LogP contribution >= 0.6 is 0 Å². The van der Waals surface area contributed by atoms with Crippen LogP contribution in [0.15, 0.2) is 18.5 Å². The Morgan fingerprint density at radius 1 is 1.60 bits per heavy atom. The maximum absolute atomic E-state index is 5.85. The van der Waals surface area contributed by atoms with Crippen molar-refractivity contribution >= 4 is 5.69 Å². The van der Waals surface area contributed by atoms with E-state index in [2.05, 4.69) is 10.3 Å². The average Bonchev–Trinajstić information content (AvgIpc) is 2.26. The fraction of sp³-hybridized carbons (Fsp3) is 0.545. The van der Waals surface area contributed by atoms with Crippen LogP contribution in [-0.2, 0) is 11.2 Å². The zero-order valence-electron chi connectivity index (χ0n) is 9.36. The summed E-state index contributed by atoms with van der Waals surface area (Å²) in [6, 6.07) is 2.22. The fourth-order valence-corrected chi connectivity index (χ4v) is 1.48. The zero-order chi connectivity index (χ0) is 11.1. The number of anilines is 1. The summed E-state index contributed by atoms with van der Waals surface area (Å²) < 4.78 is 5.06. The number of aromatic nitrogens is 1. The number of nitrogens with two attached hydrogens (primary N) is 1. The molecule has 0 aliphatic carbocycles. The van der Waals surface area contributed by atoms with E-state index < -0.39 is 0 Å². The number of pyridine rings is 1. The summed E-state index contributed by atoms with van der Waals surface area (Å²) in [4.78, 5) is 4.07. The van der Waals surface area contributed by atoms with E-state index in [-0.39, 0.29) is 0 Å². The SMILES string of the molecule is CNC(CCOC)Cc1cnccc1N. The molecule has 1 aromatic heterocycles. The molecular formula is C11H19N3O. The van der Waals surface area contributed by atoms with Crippen molar-refractivity contribution in [3.8, 4) is 0 Å². The quantitative estimate of drug-likeness (QED) is 0.728. The third-order valence-corrected chi connectivity index (χ3v) is 2.49. The molecule has 0 radical (unpaired) electrons. The predicted molar refractivity (Wildman–Crippen MR) is 61.7 cm³/mol. The van der Waals surface area contributed by atoms with Crippen molar-refractivity contribution in [1.82, 2.24) is 10.3 Å². The number of hydrogen-bond donors (Lipinski definition) is 2. The third-order valence-electron chi connectivity index (χ3n) is 2.49. The van der Waals surface area contributed by atoms with Gasteiger partial charge in [0.1, 0.15) is 0 Å². The van der Waals surface area contributed by atoms with E-state index in [0.29, 0.717) is 6.04 Å². The predicted octanol–water partition coefficient (Wildman–Crippen LogP) is 0.831. The second-order valence-corrected chi connectivity index (χ2v) is 3.55. The van der Waals surface area contributed by atoms with E-state index in [1.54, 1.807) is 13.3 Å². The van der Waals surface area contributed by atoms with Crippen molar-refractivity contribution < 1.29 is 4.74 Å². The summed E-state index contributed by atoms with van der Waals surface area (Å²) in [6.45, 7) is 0.756. The van der Waals surface area contributed by atoms with Crippen LogP contribution in [0.25, 0.3) is 0 Å². The molecule has 0 aromatic carbocycles. The molecule has 4 nitrogen and oxygen atoms in total. The van der Waals surface area contributed by atoms with Gasteiger partial charge in [-0.25, -0.2) is 0 Å². The number of methoxy groups -OCH3 is 1. The molecule has 84 valence electrons. The summed E-state index contributed by atoms with van der Waals surface area (Å²) in [5.74, 6) is 0. The Bertz CT molecular complexity index is 291. The summed E-state index contributed by atoms with van der Waals surface area (Å²) in [7, 11) is 3.66. The van der Waals surface area contributed by atoms with Gasteiger partial charge in [0.15, 0.2) is 0 Å². The molecule has 0 spiro atoms. The normalized spacial score (nSPS) is 12.7. The van der Waals surface area contributed by atoms with E-state index in [0.717, 1.165) is 30.7 Å². The van der Waals surface area contributed by atoms with Crippen LogP contribution in [0.2, 0.25) is 0 Å². The smallest absolute Gasteiger partial charge is 0.0477 e. The molecule has 0 fully saturated rings. The van der Waals surface area contributed by atoms with Gasteiger partial charge < -0.3 is 15.8 Å². The number of likely N-dealkylation sites (N-methyl/N-ethyl adjacent to an activating group) is 1. The molecule has 1 heterocycles. The lowest BCUT2D eigenvalue weighted by atomic mass is 10.0.